The minimum Gasteiger partial charge on any atom is -0.507 e. The van der Waals surface area contributed by atoms with Gasteiger partial charge in [-0.15, -0.1) is 0 Å². The molecule has 3 aromatic rings. The highest BCUT2D eigenvalue weighted by molar-refractivity contribution is 6.12. The Morgan fingerprint density at radius 2 is 1.87 bits per heavy atom. The van der Waals surface area contributed by atoms with Crippen molar-refractivity contribution in [3.8, 4) is 11.5 Å². The molecule has 1 amide bonds. The third kappa shape index (κ3) is 6.92. The van der Waals surface area contributed by atoms with Crippen molar-refractivity contribution < 1.29 is 29.0 Å². The van der Waals surface area contributed by atoms with Gasteiger partial charge in [0, 0.05) is 47.9 Å². The molecule has 1 aromatic heterocycles. The van der Waals surface area contributed by atoms with Gasteiger partial charge in [0.05, 0.1) is 11.1 Å². The Hall–Kier alpha value is -4.53. The van der Waals surface area contributed by atoms with Crippen LogP contribution in [0, 0.1) is 0 Å². The fourth-order valence-corrected chi connectivity index (χ4v) is 6.12. The number of aromatic hydroxyl groups is 1. The summed E-state index contributed by atoms with van der Waals surface area (Å²) in [5.41, 5.74) is 4.17. The SMILES string of the molecule is CC1=CC(C(=O)c2ccccc2O)=CN2CCc3c([nH]c4ccc(OCC(=O)NCCCCCC(=O)OC(C)(C)C)cc34)[C@@]12C. The van der Waals surface area contributed by atoms with E-state index in [0.29, 0.717) is 30.8 Å². The first-order valence-corrected chi connectivity index (χ1v) is 15.6. The summed E-state index contributed by atoms with van der Waals surface area (Å²) in [6, 6.07) is 12.4. The summed E-state index contributed by atoms with van der Waals surface area (Å²) in [6.07, 6.45) is 7.30. The van der Waals surface area contributed by atoms with Gasteiger partial charge in [-0.2, -0.15) is 0 Å². The van der Waals surface area contributed by atoms with Crippen molar-refractivity contribution in [2.45, 2.75) is 77.9 Å². The molecule has 3 N–H and O–H groups in total. The van der Waals surface area contributed by atoms with Gasteiger partial charge in [-0.3, -0.25) is 14.4 Å². The summed E-state index contributed by atoms with van der Waals surface area (Å²) in [5, 5.41) is 14.2. The molecule has 0 bridgehead atoms. The van der Waals surface area contributed by atoms with Crippen molar-refractivity contribution in [2.24, 2.45) is 0 Å². The van der Waals surface area contributed by atoms with Crippen molar-refractivity contribution >= 4 is 28.6 Å². The zero-order valence-corrected chi connectivity index (χ0v) is 26.8. The first-order valence-electron chi connectivity index (χ1n) is 15.6. The third-order valence-electron chi connectivity index (χ3n) is 8.56. The molecule has 45 heavy (non-hydrogen) atoms. The molecule has 0 unspecified atom stereocenters. The first-order chi connectivity index (χ1) is 21.4. The molecular formula is C36H43N3O6. The molecule has 2 aromatic carbocycles. The van der Waals surface area contributed by atoms with E-state index < -0.39 is 11.1 Å². The van der Waals surface area contributed by atoms with E-state index in [1.165, 1.54) is 11.6 Å². The van der Waals surface area contributed by atoms with Crippen LogP contribution in [0.5, 0.6) is 11.5 Å². The van der Waals surface area contributed by atoms with E-state index >= 15 is 0 Å². The minimum absolute atomic E-state index is 0.0259. The second-order valence-corrected chi connectivity index (χ2v) is 13.0. The number of allylic oxidation sites excluding steroid dienone is 2. The molecule has 2 aliphatic rings. The van der Waals surface area contributed by atoms with Crippen LogP contribution in [-0.4, -0.2) is 57.9 Å². The van der Waals surface area contributed by atoms with E-state index in [9.17, 15) is 19.5 Å². The number of hydrogen-bond acceptors (Lipinski definition) is 7. The normalized spacial score (nSPS) is 17.6. The maximum absolute atomic E-state index is 13.3. The Morgan fingerprint density at radius 1 is 1.09 bits per heavy atom. The number of amides is 1. The lowest BCUT2D eigenvalue weighted by Crippen LogP contribution is -2.48. The van der Waals surface area contributed by atoms with Crippen molar-refractivity contribution in [1.29, 1.82) is 0 Å². The second kappa shape index (κ2) is 12.8. The number of unbranched alkanes of at least 4 members (excludes halogenated alkanes) is 2. The number of phenolic OH excluding ortho intramolecular Hbond substituents is 1. The second-order valence-electron chi connectivity index (χ2n) is 13.0. The van der Waals surface area contributed by atoms with Crippen LogP contribution in [0.3, 0.4) is 0 Å². The van der Waals surface area contributed by atoms with Crippen LogP contribution in [-0.2, 0) is 26.3 Å². The number of Topliss-reactive ketones (excluding diaryl/α,β-unsaturated/α-hetero) is 1. The van der Waals surface area contributed by atoms with Crippen LogP contribution in [0.25, 0.3) is 10.9 Å². The lowest BCUT2D eigenvalue weighted by molar-refractivity contribution is -0.154. The Balaban J connectivity index is 1.18. The number of benzene rings is 2. The molecule has 0 spiro atoms. The highest BCUT2D eigenvalue weighted by Gasteiger charge is 2.43. The molecule has 0 saturated carbocycles. The quantitative estimate of drug-likeness (QED) is 0.136. The largest absolute Gasteiger partial charge is 0.507 e. The molecule has 5 rings (SSSR count). The zero-order chi connectivity index (χ0) is 32.4. The summed E-state index contributed by atoms with van der Waals surface area (Å²) in [5.74, 6) is 0.00433. The highest BCUT2D eigenvalue weighted by atomic mass is 16.6. The number of para-hydroxylation sites is 1. The maximum Gasteiger partial charge on any atom is 0.306 e. The number of carbonyl (C=O) groups is 3. The molecule has 0 aliphatic carbocycles. The number of nitrogens with zero attached hydrogens (tertiary/aromatic N) is 1. The Kier molecular flexibility index (Phi) is 9.09. The number of nitrogens with one attached hydrogen (secondary N) is 2. The van der Waals surface area contributed by atoms with E-state index in [1.54, 1.807) is 18.2 Å². The van der Waals surface area contributed by atoms with E-state index in [1.807, 2.05) is 58.2 Å². The van der Waals surface area contributed by atoms with Crippen molar-refractivity contribution in [2.75, 3.05) is 19.7 Å². The van der Waals surface area contributed by atoms with Gasteiger partial charge in [0.25, 0.3) is 5.91 Å². The number of aromatic nitrogens is 1. The van der Waals surface area contributed by atoms with Gasteiger partial charge in [0.15, 0.2) is 12.4 Å². The molecule has 9 heteroatoms. The number of aromatic amines is 1. The number of carbonyl (C=O) groups excluding carboxylic acids is 3. The minimum atomic E-state index is -0.471. The molecule has 0 radical (unpaired) electrons. The fourth-order valence-electron chi connectivity index (χ4n) is 6.12. The Morgan fingerprint density at radius 3 is 2.62 bits per heavy atom. The zero-order valence-electron chi connectivity index (χ0n) is 26.8. The van der Waals surface area contributed by atoms with Gasteiger partial charge in [-0.25, -0.2) is 0 Å². The molecule has 0 fully saturated rings. The summed E-state index contributed by atoms with van der Waals surface area (Å²) < 4.78 is 11.2. The van der Waals surface area contributed by atoms with E-state index in [2.05, 4.69) is 22.1 Å². The number of H-pyrrole nitrogens is 1. The number of fused-ring (bicyclic) bond motifs is 5. The van der Waals surface area contributed by atoms with Crippen LogP contribution in [0.15, 0.2) is 65.9 Å². The molecule has 0 saturated heterocycles. The number of ketones is 1. The van der Waals surface area contributed by atoms with Crippen LogP contribution < -0.4 is 10.1 Å². The number of esters is 1. The highest BCUT2D eigenvalue weighted by Crippen LogP contribution is 2.46. The number of rotatable bonds is 11. The van der Waals surface area contributed by atoms with E-state index in [4.69, 9.17) is 9.47 Å². The molecule has 2 aliphatic heterocycles. The molecule has 3 heterocycles. The predicted molar refractivity (Wildman–Crippen MR) is 173 cm³/mol. The van der Waals surface area contributed by atoms with Gasteiger partial charge in [-0.1, -0.05) is 18.6 Å². The third-order valence-corrected chi connectivity index (χ3v) is 8.56. The van der Waals surface area contributed by atoms with Gasteiger partial charge >= 0.3 is 5.97 Å². The van der Waals surface area contributed by atoms with Crippen molar-refractivity contribution in [1.82, 2.24) is 15.2 Å². The lowest BCUT2D eigenvalue weighted by Gasteiger charge is -2.47. The summed E-state index contributed by atoms with van der Waals surface area (Å²) in [7, 11) is 0. The average molecular weight is 614 g/mol. The Labute approximate surface area is 264 Å². The van der Waals surface area contributed by atoms with Crippen LogP contribution in [0.1, 0.15) is 81.9 Å². The molecule has 9 nitrogen and oxygen atoms in total. The van der Waals surface area contributed by atoms with Gasteiger partial charge < -0.3 is 29.8 Å². The molecule has 238 valence electrons. The topological polar surface area (TPSA) is 121 Å². The van der Waals surface area contributed by atoms with Gasteiger partial charge in [0.2, 0.25) is 0 Å². The van der Waals surface area contributed by atoms with E-state index in [0.717, 1.165) is 47.9 Å². The maximum atomic E-state index is 13.3. The smallest absolute Gasteiger partial charge is 0.306 e. The fraction of sp³-hybridized carbons (Fsp3) is 0.417. The molecule has 1 atom stereocenters. The first kappa shape index (κ1) is 31.9. The number of ether oxygens (including phenoxy) is 2. The standard InChI is InChI=1S/C36H43N3O6/c1-23-19-24(33(43)27-11-8-9-12-30(27)40)21-39-18-16-26-28-20-25(14-15-29(28)38-34(26)36(23,39)5)44-22-31(41)37-17-10-6-7-13-32(42)45-35(2,3)4/h8-9,11-12,14-15,19-21,38,40H,6-7,10,13,16-18,22H2,1-5H3,(H,37,41)/t36-/m1/s1. The van der Waals surface area contributed by atoms with Crippen molar-refractivity contribution in [3.05, 3.63) is 82.7 Å². The van der Waals surface area contributed by atoms with Crippen LogP contribution >= 0.6 is 0 Å². The monoisotopic (exact) mass is 613 g/mol. The number of hydrogen-bond donors (Lipinski definition) is 3. The summed E-state index contributed by atoms with van der Waals surface area (Å²) in [6.45, 7) is 10.9. The lowest BCUT2D eigenvalue weighted by atomic mass is 9.78. The van der Waals surface area contributed by atoms with Crippen LogP contribution in [0.4, 0.5) is 0 Å². The van der Waals surface area contributed by atoms with Gasteiger partial charge in [-0.05, 0) is 101 Å². The van der Waals surface area contributed by atoms with Gasteiger partial charge in [0.1, 0.15) is 17.1 Å². The van der Waals surface area contributed by atoms with Crippen LogP contribution in [0.2, 0.25) is 0 Å². The summed E-state index contributed by atoms with van der Waals surface area (Å²) in [4.78, 5) is 43.3. The van der Waals surface area contributed by atoms with Crippen molar-refractivity contribution in [3.63, 3.8) is 0 Å². The molecular weight excluding hydrogens is 570 g/mol. The summed E-state index contributed by atoms with van der Waals surface area (Å²) >= 11 is 0. The predicted octanol–water partition coefficient (Wildman–Crippen LogP) is 6.07. The van der Waals surface area contributed by atoms with E-state index in [-0.39, 0.29) is 35.6 Å². The number of phenols is 1. The average Bonchev–Trinajstić information content (AvgIpc) is 3.36. The Bertz CT molecular complexity index is 1680.